The molecule has 0 aliphatic carbocycles. The molecule has 1 heterocycles. The maximum absolute atomic E-state index is 12.8. The molecule has 1 aromatic heterocycles. The first kappa shape index (κ1) is 14.2. The van der Waals surface area contributed by atoms with Crippen LogP contribution in [-0.4, -0.2) is 19.9 Å². The van der Waals surface area contributed by atoms with Crippen LogP contribution in [-0.2, 0) is 12.8 Å². The molecule has 0 bridgehead atoms. The van der Waals surface area contributed by atoms with Gasteiger partial charge in [0.2, 0.25) is 0 Å². The molecule has 0 amide bonds. The van der Waals surface area contributed by atoms with Crippen LogP contribution in [0.25, 0.3) is 5.69 Å². The first-order chi connectivity index (χ1) is 8.84. The van der Waals surface area contributed by atoms with E-state index in [4.69, 9.17) is 17.3 Å². The Morgan fingerprint density at radius 2 is 2.11 bits per heavy atom. The van der Waals surface area contributed by atoms with Crippen molar-refractivity contribution in [2.24, 2.45) is 0 Å². The molecule has 19 heavy (non-hydrogen) atoms. The molecule has 2 rings (SSSR count). The Labute approximate surface area is 119 Å². The van der Waals surface area contributed by atoms with Crippen molar-refractivity contribution in [1.82, 2.24) is 14.8 Å². The van der Waals surface area contributed by atoms with Crippen molar-refractivity contribution >= 4 is 28.1 Å². The van der Waals surface area contributed by atoms with Gasteiger partial charge in [0.15, 0.2) is 10.6 Å². The first-order valence-electron chi connectivity index (χ1n) is 4.99. The number of aromatic amines is 1. The first-order valence-corrected chi connectivity index (χ1v) is 6.19. The van der Waals surface area contributed by atoms with Gasteiger partial charge in [0.25, 0.3) is 0 Å². The average Bonchev–Trinajstić information content (AvgIpc) is 2.70. The van der Waals surface area contributed by atoms with Crippen molar-refractivity contribution in [3.8, 4) is 5.69 Å². The van der Waals surface area contributed by atoms with E-state index in [2.05, 4.69) is 26.1 Å². The number of benzene rings is 1. The van der Waals surface area contributed by atoms with Crippen LogP contribution in [0.4, 0.5) is 13.2 Å². The highest BCUT2D eigenvalue weighted by atomic mass is 79.9. The molecule has 0 spiro atoms. The number of nitrogens with one attached hydrogen (secondary N) is 1. The third kappa shape index (κ3) is 2.72. The molecular formula is C10H7BrF3N3OS. The molecule has 0 atom stereocenters. The highest BCUT2D eigenvalue weighted by Crippen LogP contribution is 2.36. The fourth-order valence-electron chi connectivity index (χ4n) is 1.57. The molecule has 1 aromatic carbocycles. The van der Waals surface area contributed by atoms with Crippen molar-refractivity contribution in [2.75, 3.05) is 0 Å². The average molecular weight is 354 g/mol. The quantitative estimate of drug-likeness (QED) is 0.815. The molecule has 4 nitrogen and oxygen atoms in total. The number of alkyl halides is 3. The summed E-state index contributed by atoms with van der Waals surface area (Å²) in [6.07, 6.45) is -4.49. The summed E-state index contributed by atoms with van der Waals surface area (Å²) in [5.41, 5.74) is -0.643. The van der Waals surface area contributed by atoms with Crippen molar-refractivity contribution in [2.45, 2.75) is 12.8 Å². The largest absolute Gasteiger partial charge is 0.417 e. The molecule has 0 unspecified atom stereocenters. The van der Waals surface area contributed by atoms with Crippen molar-refractivity contribution in [3.05, 3.63) is 38.8 Å². The van der Waals surface area contributed by atoms with E-state index in [1.807, 2.05) is 0 Å². The molecule has 9 heteroatoms. The van der Waals surface area contributed by atoms with Gasteiger partial charge in [-0.3, -0.25) is 9.67 Å². The third-order valence-corrected chi connectivity index (χ3v) is 3.36. The third-order valence-electron chi connectivity index (χ3n) is 2.40. The molecule has 0 aliphatic rings. The van der Waals surface area contributed by atoms with Gasteiger partial charge in [-0.05, 0) is 30.4 Å². The van der Waals surface area contributed by atoms with Crippen LogP contribution in [0.1, 0.15) is 11.4 Å². The highest BCUT2D eigenvalue weighted by molar-refractivity contribution is 9.10. The summed E-state index contributed by atoms with van der Waals surface area (Å²) in [5, 5.41) is 15.2. The SMILES string of the molecule is OCc1n[nH]c(=S)n1-c1ccc(Br)c(C(F)(F)F)c1. The number of aliphatic hydroxyl groups excluding tert-OH is 1. The second kappa shape index (κ2) is 5.06. The second-order valence-electron chi connectivity index (χ2n) is 3.60. The molecule has 0 aliphatic heterocycles. The van der Waals surface area contributed by atoms with E-state index in [0.29, 0.717) is 0 Å². The minimum atomic E-state index is -4.49. The van der Waals surface area contributed by atoms with Crippen molar-refractivity contribution in [3.63, 3.8) is 0 Å². The summed E-state index contributed by atoms with van der Waals surface area (Å²) in [5.74, 6) is 0.139. The molecule has 0 radical (unpaired) electrons. The molecule has 2 aromatic rings. The van der Waals surface area contributed by atoms with Crippen LogP contribution in [0.15, 0.2) is 22.7 Å². The fraction of sp³-hybridized carbons (Fsp3) is 0.200. The van der Waals surface area contributed by atoms with Gasteiger partial charge in [-0.2, -0.15) is 18.3 Å². The smallest absolute Gasteiger partial charge is 0.388 e. The number of H-pyrrole nitrogens is 1. The summed E-state index contributed by atoms with van der Waals surface area (Å²) in [6, 6.07) is 3.66. The van der Waals surface area contributed by atoms with Gasteiger partial charge >= 0.3 is 6.18 Å². The minimum absolute atomic E-state index is 0.0655. The van der Waals surface area contributed by atoms with Crippen LogP contribution in [0.2, 0.25) is 0 Å². The van der Waals surface area contributed by atoms with Crippen LogP contribution in [0.5, 0.6) is 0 Å². The summed E-state index contributed by atoms with van der Waals surface area (Å²) >= 11 is 7.79. The lowest BCUT2D eigenvalue weighted by molar-refractivity contribution is -0.138. The van der Waals surface area contributed by atoms with E-state index in [-0.39, 0.29) is 20.8 Å². The molecule has 0 fully saturated rings. The zero-order valence-corrected chi connectivity index (χ0v) is 11.6. The number of nitrogens with zero attached hydrogens (tertiary/aromatic N) is 2. The van der Waals surface area contributed by atoms with Gasteiger partial charge < -0.3 is 5.11 Å². The number of halogens is 4. The van der Waals surface area contributed by atoms with Gasteiger partial charge in [-0.1, -0.05) is 15.9 Å². The zero-order chi connectivity index (χ0) is 14.2. The van der Waals surface area contributed by atoms with Crippen LogP contribution >= 0.6 is 28.1 Å². The topological polar surface area (TPSA) is 53.8 Å². The Balaban J connectivity index is 2.65. The lowest BCUT2D eigenvalue weighted by Gasteiger charge is -2.12. The van der Waals surface area contributed by atoms with Crippen LogP contribution in [0, 0.1) is 4.77 Å². The number of aromatic nitrogens is 3. The number of aliphatic hydroxyl groups is 1. The number of rotatable bonds is 2. The second-order valence-corrected chi connectivity index (χ2v) is 4.84. The molecule has 102 valence electrons. The predicted molar refractivity (Wildman–Crippen MR) is 67.4 cm³/mol. The summed E-state index contributed by atoms with van der Waals surface area (Å²) in [6.45, 7) is -0.440. The predicted octanol–water partition coefficient (Wildman–Crippen LogP) is 3.20. The zero-order valence-electron chi connectivity index (χ0n) is 9.20. The Morgan fingerprint density at radius 3 is 2.68 bits per heavy atom. The van der Waals surface area contributed by atoms with E-state index in [9.17, 15) is 13.2 Å². The standard InChI is InChI=1S/C10H7BrF3N3OS/c11-7-2-1-5(3-6(7)10(12,13)14)17-8(4-18)15-16-9(17)19/h1-3,18H,4H2,(H,16,19). The normalized spacial score (nSPS) is 11.8. The lowest BCUT2D eigenvalue weighted by Crippen LogP contribution is -2.08. The monoisotopic (exact) mass is 353 g/mol. The van der Waals surface area contributed by atoms with Crippen molar-refractivity contribution in [1.29, 1.82) is 0 Å². The van der Waals surface area contributed by atoms with Crippen LogP contribution < -0.4 is 0 Å². The van der Waals surface area contributed by atoms with E-state index in [1.165, 1.54) is 16.7 Å². The summed E-state index contributed by atoms with van der Waals surface area (Å²) < 4.78 is 39.7. The van der Waals surface area contributed by atoms with Gasteiger partial charge in [0.1, 0.15) is 6.61 Å². The maximum atomic E-state index is 12.8. The van der Waals surface area contributed by atoms with Gasteiger partial charge in [-0.15, -0.1) is 0 Å². The molecular weight excluding hydrogens is 347 g/mol. The number of hydrogen-bond donors (Lipinski definition) is 2. The Morgan fingerprint density at radius 1 is 1.42 bits per heavy atom. The number of hydrogen-bond acceptors (Lipinski definition) is 3. The summed E-state index contributed by atoms with van der Waals surface area (Å²) in [7, 11) is 0. The van der Waals surface area contributed by atoms with Gasteiger partial charge in [-0.25, -0.2) is 0 Å². The Kier molecular flexibility index (Phi) is 3.79. The van der Waals surface area contributed by atoms with Gasteiger partial charge in [0, 0.05) is 4.47 Å². The lowest BCUT2D eigenvalue weighted by atomic mass is 10.2. The Bertz CT molecular complexity index is 665. The minimum Gasteiger partial charge on any atom is -0.388 e. The van der Waals surface area contributed by atoms with Crippen molar-refractivity contribution < 1.29 is 18.3 Å². The maximum Gasteiger partial charge on any atom is 0.417 e. The molecule has 0 saturated carbocycles. The summed E-state index contributed by atoms with van der Waals surface area (Å²) in [4.78, 5) is 0. The van der Waals surface area contributed by atoms with Crippen LogP contribution in [0.3, 0.4) is 0 Å². The van der Waals surface area contributed by atoms with Gasteiger partial charge in [0.05, 0.1) is 11.3 Å². The van der Waals surface area contributed by atoms with E-state index in [1.54, 1.807) is 0 Å². The Hall–Kier alpha value is -1.19. The highest BCUT2D eigenvalue weighted by Gasteiger charge is 2.33. The van der Waals surface area contributed by atoms with E-state index < -0.39 is 18.3 Å². The molecule has 0 saturated heterocycles. The fourth-order valence-corrected chi connectivity index (χ4v) is 2.30. The van der Waals surface area contributed by atoms with E-state index >= 15 is 0 Å². The van der Waals surface area contributed by atoms with E-state index in [0.717, 1.165) is 6.07 Å². The molecule has 2 N–H and O–H groups in total.